The van der Waals surface area contributed by atoms with Gasteiger partial charge in [0.25, 0.3) is 0 Å². The van der Waals surface area contributed by atoms with Crippen LogP contribution in [0.5, 0.6) is 5.75 Å². The van der Waals surface area contributed by atoms with Crippen LogP contribution >= 0.6 is 0 Å². The lowest BCUT2D eigenvalue weighted by Gasteiger charge is -2.40. The molecule has 0 aliphatic carbocycles. The molecule has 7 heteroatoms. The van der Waals surface area contributed by atoms with Crippen LogP contribution in [0.25, 0.3) is 0 Å². The van der Waals surface area contributed by atoms with Gasteiger partial charge >= 0.3 is 5.97 Å². The zero-order valence-electron chi connectivity index (χ0n) is 27.6. The highest BCUT2D eigenvalue weighted by Gasteiger charge is 2.52. The predicted octanol–water partition coefficient (Wildman–Crippen LogP) is 7.78. The zero-order chi connectivity index (χ0) is 32.2. The number of allylic oxidation sites excluding steroid dienone is 2. The molecule has 0 bridgehead atoms. The molecule has 4 rings (SSSR count). The van der Waals surface area contributed by atoms with Crippen LogP contribution < -0.4 is 9.64 Å². The van der Waals surface area contributed by atoms with Crippen molar-refractivity contribution in [2.75, 3.05) is 24.6 Å². The van der Waals surface area contributed by atoms with E-state index in [1.807, 2.05) is 30.0 Å². The van der Waals surface area contributed by atoms with E-state index >= 15 is 0 Å². The molecule has 6 nitrogen and oxygen atoms in total. The average Bonchev–Trinajstić information content (AvgIpc) is 3.59. The first kappa shape index (κ1) is 33.7. The van der Waals surface area contributed by atoms with Crippen LogP contribution in [0, 0.1) is 30.0 Å². The Kier molecular flexibility index (Phi) is 10.9. The third-order valence-corrected chi connectivity index (χ3v) is 10.00. The van der Waals surface area contributed by atoms with E-state index in [9.17, 15) is 19.1 Å². The summed E-state index contributed by atoms with van der Waals surface area (Å²) in [7, 11) is 0. The van der Waals surface area contributed by atoms with Crippen LogP contribution in [0.3, 0.4) is 0 Å². The van der Waals surface area contributed by atoms with Crippen molar-refractivity contribution in [2.24, 2.45) is 17.3 Å². The Bertz CT molecular complexity index is 1350. The number of benzene rings is 2. The van der Waals surface area contributed by atoms with Crippen molar-refractivity contribution >= 4 is 17.6 Å². The minimum absolute atomic E-state index is 0.0249. The molecule has 0 radical (unpaired) electrons. The third-order valence-electron chi connectivity index (χ3n) is 10.00. The van der Waals surface area contributed by atoms with E-state index in [2.05, 4.69) is 51.7 Å². The molecule has 2 aromatic carbocycles. The average molecular weight is 607 g/mol. The monoisotopic (exact) mass is 606 g/mol. The van der Waals surface area contributed by atoms with E-state index in [-0.39, 0.29) is 47.6 Å². The number of amides is 1. The third kappa shape index (κ3) is 7.03. The lowest BCUT2D eigenvalue weighted by molar-refractivity contribution is -0.144. The van der Waals surface area contributed by atoms with Gasteiger partial charge in [-0.15, -0.1) is 0 Å². The maximum Gasteiger partial charge on any atom is 0.308 e. The van der Waals surface area contributed by atoms with Crippen molar-refractivity contribution in [1.82, 2.24) is 4.90 Å². The molecule has 44 heavy (non-hydrogen) atoms. The number of hydrogen-bond acceptors (Lipinski definition) is 4. The molecule has 1 amide bonds. The van der Waals surface area contributed by atoms with Crippen LogP contribution in [0.15, 0.2) is 48.6 Å². The number of aryl methyl sites for hydroxylation is 1. The Morgan fingerprint density at radius 1 is 1.16 bits per heavy atom. The smallest absolute Gasteiger partial charge is 0.308 e. The van der Waals surface area contributed by atoms with Crippen molar-refractivity contribution < 1.29 is 23.8 Å². The van der Waals surface area contributed by atoms with Gasteiger partial charge in [0.2, 0.25) is 5.91 Å². The van der Waals surface area contributed by atoms with Gasteiger partial charge in [-0.2, -0.15) is 0 Å². The Labute approximate surface area is 263 Å². The van der Waals surface area contributed by atoms with Crippen LogP contribution in [-0.4, -0.2) is 53.7 Å². The van der Waals surface area contributed by atoms with Gasteiger partial charge in [-0.25, -0.2) is 4.39 Å². The second-order valence-corrected chi connectivity index (χ2v) is 13.4. The number of carboxylic acids is 1. The molecule has 2 aliphatic rings. The Morgan fingerprint density at radius 2 is 1.86 bits per heavy atom. The number of likely N-dealkylation sites (tertiary alicyclic amines) is 1. The molecular weight excluding hydrogens is 555 g/mol. The molecule has 2 heterocycles. The molecule has 0 spiro atoms. The van der Waals surface area contributed by atoms with E-state index in [0.29, 0.717) is 24.4 Å². The first-order valence-electron chi connectivity index (χ1n) is 16.4. The summed E-state index contributed by atoms with van der Waals surface area (Å²) >= 11 is 0. The maximum absolute atomic E-state index is 14.5. The Hall–Kier alpha value is -3.19. The van der Waals surface area contributed by atoms with Gasteiger partial charge in [-0.1, -0.05) is 71.7 Å². The quantitative estimate of drug-likeness (QED) is 0.236. The van der Waals surface area contributed by atoms with Crippen molar-refractivity contribution in [3.63, 3.8) is 0 Å². The number of fused-ring (bicyclic) bond motifs is 1. The van der Waals surface area contributed by atoms with Gasteiger partial charge in [0.15, 0.2) is 0 Å². The Balaban J connectivity index is 1.77. The van der Waals surface area contributed by atoms with Crippen LogP contribution in [-0.2, 0) is 16.0 Å². The van der Waals surface area contributed by atoms with Gasteiger partial charge in [0.1, 0.15) is 11.6 Å². The fraction of sp³-hybridized carbons (Fsp3) is 0.568. The van der Waals surface area contributed by atoms with E-state index in [1.54, 1.807) is 19.1 Å². The van der Waals surface area contributed by atoms with Crippen LogP contribution in [0.4, 0.5) is 10.1 Å². The summed E-state index contributed by atoms with van der Waals surface area (Å²) in [5.41, 5.74) is 3.00. The number of carboxylic acid groups (broad SMARTS) is 1. The predicted molar refractivity (Wildman–Crippen MR) is 175 cm³/mol. The number of carbonyl (C=O) groups excluding carboxylic acids is 1. The number of anilines is 1. The number of nitrogens with zero attached hydrogens (tertiary/aromatic N) is 2. The molecular formula is C37H51FN2O4. The SMILES string of the molecule is C/C=C/C(C)(C)[C@H](C)[C@H]1[C@H](C(=O)O)[C@@H](c2ccc3c(c2)CCO3)CN1CC(=O)N(c1ccc(F)c(C)c1)C(CCC)CCC. The van der Waals surface area contributed by atoms with Gasteiger partial charge in [-0.3, -0.25) is 14.5 Å². The number of ether oxygens (including phenoxy) is 1. The molecule has 240 valence electrons. The van der Waals surface area contributed by atoms with E-state index in [0.717, 1.165) is 49.0 Å². The normalized spacial score (nSPS) is 21.1. The standard InChI is InChI=1S/C37H51FN2O4/c1-8-11-28(12-9-2)40(29-14-15-31(38)24(4)20-29)33(41)23-39-22-30(26-13-16-32-27(21-26)17-19-44-32)34(36(42)43)35(39)25(5)37(6,7)18-10-3/h10,13-16,18,20-21,25,28,30,34-35H,8-9,11-12,17,19,22-23H2,1-7H3,(H,42,43)/b18-10+/t25-,30-,34-,35+/m1/s1. The fourth-order valence-corrected chi connectivity index (χ4v) is 7.50. The number of aliphatic carboxylic acids is 1. The summed E-state index contributed by atoms with van der Waals surface area (Å²) in [6, 6.07) is 10.6. The molecule has 1 N–H and O–H groups in total. The highest BCUT2D eigenvalue weighted by molar-refractivity contribution is 5.95. The van der Waals surface area contributed by atoms with Crippen molar-refractivity contribution in [2.45, 2.75) is 98.6 Å². The van der Waals surface area contributed by atoms with Crippen molar-refractivity contribution in [3.8, 4) is 5.75 Å². The van der Waals surface area contributed by atoms with Crippen LogP contribution in [0.2, 0.25) is 0 Å². The second kappa shape index (κ2) is 14.3. The minimum atomic E-state index is -0.837. The highest BCUT2D eigenvalue weighted by atomic mass is 19.1. The summed E-state index contributed by atoms with van der Waals surface area (Å²) in [4.78, 5) is 31.7. The topological polar surface area (TPSA) is 70.1 Å². The molecule has 2 aromatic rings. The summed E-state index contributed by atoms with van der Waals surface area (Å²) in [6.45, 7) is 15.5. The molecule has 1 saturated heterocycles. The van der Waals surface area contributed by atoms with Crippen LogP contribution in [0.1, 0.15) is 89.8 Å². The molecule has 2 aliphatic heterocycles. The summed E-state index contributed by atoms with van der Waals surface area (Å²) in [5.74, 6) is -1.36. The number of hydrogen-bond donors (Lipinski definition) is 1. The first-order valence-corrected chi connectivity index (χ1v) is 16.4. The summed E-state index contributed by atoms with van der Waals surface area (Å²) < 4.78 is 20.1. The lowest BCUT2D eigenvalue weighted by Crippen LogP contribution is -2.51. The number of carbonyl (C=O) groups is 2. The lowest BCUT2D eigenvalue weighted by atomic mass is 9.70. The van der Waals surface area contributed by atoms with Gasteiger partial charge in [-0.05, 0) is 79.0 Å². The minimum Gasteiger partial charge on any atom is -0.493 e. The zero-order valence-corrected chi connectivity index (χ0v) is 27.6. The van der Waals surface area contributed by atoms with Crippen molar-refractivity contribution in [1.29, 1.82) is 0 Å². The van der Waals surface area contributed by atoms with Crippen molar-refractivity contribution in [3.05, 3.63) is 71.1 Å². The van der Waals surface area contributed by atoms with E-state index in [4.69, 9.17) is 4.74 Å². The highest BCUT2D eigenvalue weighted by Crippen LogP contribution is 2.46. The van der Waals surface area contributed by atoms with Gasteiger partial charge in [0.05, 0.1) is 19.1 Å². The summed E-state index contributed by atoms with van der Waals surface area (Å²) in [6.07, 6.45) is 8.48. The molecule has 4 atom stereocenters. The number of halogens is 1. The first-order chi connectivity index (χ1) is 20.9. The molecule has 0 unspecified atom stereocenters. The Morgan fingerprint density at radius 3 is 2.48 bits per heavy atom. The fourth-order valence-electron chi connectivity index (χ4n) is 7.50. The number of rotatable bonds is 13. The second-order valence-electron chi connectivity index (χ2n) is 13.4. The molecule has 0 saturated carbocycles. The molecule has 1 fully saturated rings. The molecule has 0 aromatic heterocycles. The van der Waals surface area contributed by atoms with E-state index in [1.165, 1.54) is 6.07 Å². The largest absolute Gasteiger partial charge is 0.493 e. The van der Waals surface area contributed by atoms with Gasteiger partial charge < -0.3 is 14.7 Å². The van der Waals surface area contributed by atoms with Gasteiger partial charge in [0, 0.05) is 36.7 Å². The maximum atomic E-state index is 14.5. The summed E-state index contributed by atoms with van der Waals surface area (Å²) in [5, 5.41) is 10.8. The van der Waals surface area contributed by atoms with E-state index < -0.39 is 11.9 Å².